The van der Waals surface area contributed by atoms with Gasteiger partial charge in [-0.2, -0.15) is 0 Å². The Morgan fingerprint density at radius 2 is 2.17 bits per heavy atom. The van der Waals surface area contributed by atoms with Crippen LogP contribution in [0.1, 0.15) is 12.5 Å². The summed E-state index contributed by atoms with van der Waals surface area (Å²) >= 11 is 0. The molecular weight excluding hydrogens is 292 g/mol. The van der Waals surface area contributed by atoms with Gasteiger partial charge in [-0.1, -0.05) is 6.92 Å². The fourth-order valence-electron chi connectivity index (χ4n) is 3.43. The third-order valence-electron chi connectivity index (χ3n) is 4.79. The highest BCUT2D eigenvalue weighted by molar-refractivity contribution is 5.88. The first-order chi connectivity index (χ1) is 11.0. The Hall–Kier alpha value is -2.01. The topological polar surface area (TPSA) is 45.9 Å². The van der Waals surface area contributed by atoms with Crippen molar-refractivity contribution < 1.29 is 13.9 Å². The molecule has 1 saturated heterocycles. The van der Waals surface area contributed by atoms with Crippen LogP contribution in [0.4, 0.5) is 0 Å². The number of fused-ring (bicyclic) bond motifs is 1. The lowest BCUT2D eigenvalue weighted by Crippen LogP contribution is -2.36. The molecule has 1 aliphatic heterocycles. The second kappa shape index (κ2) is 6.24. The van der Waals surface area contributed by atoms with Gasteiger partial charge in [-0.25, -0.2) is 0 Å². The molecule has 5 nitrogen and oxygen atoms in total. The van der Waals surface area contributed by atoms with Crippen molar-refractivity contribution in [3.63, 3.8) is 0 Å². The number of carbonyl (C=O) groups excluding carboxylic acids is 1. The molecule has 1 aliphatic rings. The summed E-state index contributed by atoms with van der Waals surface area (Å²) in [6.07, 6.45) is 2.07. The van der Waals surface area contributed by atoms with Crippen molar-refractivity contribution in [2.24, 2.45) is 5.92 Å². The van der Waals surface area contributed by atoms with E-state index in [9.17, 15) is 4.79 Å². The van der Waals surface area contributed by atoms with Crippen LogP contribution < -0.4 is 4.74 Å². The van der Waals surface area contributed by atoms with Crippen LogP contribution in [0.25, 0.3) is 11.0 Å². The van der Waals surface area contributed by atoms with Gasteiger partial charge in [0.05, 0.1) is 19.8 Å². The number of carbonyl (C=O) groups is 1. The SMILES string of the molecule is COc1ccc2c(CC(=O)N3C[C@@H](N(C)C)[C@@H](C)C3)coc2c1. The maximum atomic E-state index is 12.6. The van der Waals surface area contributed by atoms with Gasteiger partial charge in [-0.3, -0.25) is 4.79 Å². The lowest BCUT2D eigenvalue weighted by Gasteiger charge is -2.22. The van der Waals surface area contributed by atoms with Crippen LogP contribution in [0.5, 0.6) is 5.75 Å². The van der Waals surface area contributed by atoms with Crippen molar-refractivity contribution in [2.45, 2.75) is 19.4 Å². The maximum Gasteiger partial charge on any atom is 0.227 e. The molecule has 3 rings (SSSR count). The molecule has 23 heavy (non-hydrogen) atoms. The zero-order chi connectivity index (χ0) is 16.6. The highest BCUT2D eigenvalue weighted by atomic mass is 16.5. The van der Waals surface area contributed by atoms with Gasteiger partial charge >= 0.3 is 0 Å². The average molecular weight is 316 g/mol. The van der Waals surface area contributed by atoms with Gasteiger partial charge in [-0.15, -0.1) is 0 Å². The van der Waals surface area contributed by atoms with Crippen LogP contribution in [0.15, 0.2) is 28.9 Å². The Labute approximate surface area is 136 Å². The smallest absolute Gasteiger partial charge is 0.227 e. The molecule has 0 N–H and O–H groups in total. The summed E-state index contributed by atoms with van der Waals surface area (Å²) in [4.78, 5) is 16.8. The number of likely N-dealkylation sites (N-methyl/N-ethyl adjacent to an activating group) is 1. The quantitative estimate of drug-likeness (QED) is 0.869. The standard InChI is InChI=1S/C18H24N2O3/c1-12-9-20(10-16(12)19(2)3)18(21)7-13-11-23-17-8-14(22-4)5-6-15(13)17/h5-6,8,11-12,16H,7,9-10H2,1-4H3/t12-,16+/m0/s1. The first kappa shape index (κ1) is 15.9. The lowest BCUT2D eigenvalue weighted by atomic mass is 10.1. The van der Waals surface area contributed by atoms with Gasteiger partial charge in [-0.05, 0) is 32.1 Å². The second-order valence-electron chi connectivity index (χ2n) is 6.61. The number of nitrogens with zero attached hydrogens (tertiary/aromatic N) is 2. The minimum absolute atomic E-state index is 0.166. The van der Waals surface area contributed by atoms with Crippen LogP contribution in [-0.4, -0.2) is 56.0 Å². The fourth-order valence-corrected chi connectivity index (χ4v) is 3.43. The van der Waals surface area contributed by atoms with E-state index in [1.807, 2.05) is 23.1 Å². The largest absolute Gasteiger partial charge is 0.497 e. The van der Waals surface area contributed by atoms with Gasteiger partial charge in [0.2, 0.25) is 5.91 Å². The van der Waals surface area contributed by atoms with Gasteiger partial charge in [0.1, 0.15) is 11.3 Å². The van der Waals surface area contributed by atoms with Crippen molar-refractivity contribution in [2.75, 3.05) is 34.3 Å². The summed E-state index contributed by atoms with van der Waals surface area (Å²) < 4.78 is 10.8. The zero-order valence-corrected chi connectivity index (χ0v) is 14.2. The fraction of sp³-hybridized carbons (Fsp3) is 0.500. The van der Waals surface area contributed by atoms with Crippen LogP contribution in [0.2, 0.25) is 0 Å². The molecule has 2 atom stereocenters. The van der Waals surface area contributed by atoms with E-state index in [0.717, 1.165) is 35.4 Å². The molecule has 2 heterocycles. The summed E-state index contributed by atoms with van der Waals surface area (Å²) in [5.41, 5.74) is 1.70. The monoisotopic (exact) mass is 316 g/mol. The number of furan rings is 1. The Kier molecular flexibility index (Phi) is 4.31. The van der Waals surface area contributed by atoms with Crippen molar-refractivity contribution in [1.82, 2.24) is 9.80 Å². The van der Waals surface area contributed by atoms with Gasteiger partial charge in [0.25, 0.3) is 0 Å². The Morgan fingerprint density at radius 3 is 2.83 bits per heavy atom. The average Bonchev–Trinajstić information content (AvgIpc) is 3.10. The third-order valence-corrected chi connectivity index (χ3v) is 4.79. The molecule has 1 fully saturated rings. The molecule has 0 radical (unpaired) electrons. The number of rotatable bonds is 4. The highest BCUT2D eigenvalue weighted by Crippen LogP contribution is 2.27. The number of likely N-dealkylation sites (tertiary alicyclic amines) is 1. The van der Waals surface area contributed by atoms with E-state index < -0.39 is 0 Å². The molecular formula is C18H24N2O3. The molecule has 1 aromatic carbocycles. The molecule has 0 bridgehead atoms. The normalized spacial score (nSPS) is 21.3. The number of hydrogen-bond acceptors (Lipinski definition) is 4. The number of benzene rings is 1. The van der Waals surface area contributed by atoms with Gasteiger partial charge in [0.15, 0.2) is 0 Å². The summed E-state index contributed by atoms with van der Waals surface area (Å²) in [6, 6.07) is 6.13. The molecule has 1 amide bonds. The highest BCUT2D eigenvalue weighted by Gasteiger charge is 2.33. The van der Waals surface area contributed by atoms with Crippen molar-refractivity contribution in [1.29, 1.82) is 0 Å². The minimum Gasteiger partial charge on any atom is -0.497 e. The zero-order valence-electron chi connectivity index (χ0n) is 14.2. The number of ether oxygens (including phenoxy) is 1. The molecule has 5 heteroatoms. The van der Waals surface area contributed by atoms with Crippen LogP contribution in [0.3, 0.4) is 0 Å². The lowest BCUT2D eigenvalue weighted by molar-refractivity contribution is -0.129. The van der Waals surface area contributed by atoms with Crippen LogP contribution >= 0.6 is 0 Å². The van der Waals surface area contributed by atoms with Crippen molar-refractivity contribution >= 4 is 16.9 Å². The van der Waals surface area contributed by atoms with E-state index in [2.05, 4.69) is 25.9 Å². The molecule has 124 valence electrons. The number of amides is 1. The maximum absolute atomic E-state index is 12.6. The van der Waals surface area contributed by atoms with E-state index in [1.54, 1.807) is 13.4 Å². The van der Waals surface area contributed by atoms with E-state index in [1.165, 1.54) is 0 Å². The summed E-state index contributed by atoms with van der Waals surface area (Å²) in [5.74, 6) is 1.42. The van der Waals surface area contributed by atoms with Crippen molar-refractivity contribution in [3.05, 3.63) is 30.0 Å². The number of methoxy groups -OCH3 is 1. The Balaban J connectivity index is 1.74. The predicted molar refractivity (Wildman–Crippen MR) is 89.7 cm³/mol. The summed E-state index contributed by atoms with van der Waals surface area (Å²) in [6.45, 7) is 3.83. The number of hydrogen-bond donors (Lipinski definition) is 0. The van der Waals surface area contributed by atoms with E-state index in [0.29, 0.717) is 18.4 Å². The molecule has 0 aliphatic carbocycles. The molecule has 0 unspecified atom stereocenters. The first-order valence-electron chi connectivity index (χ1n) is 7.98. The van der Waals surface area contributed by atoms with E-state index >= 15 is 0 Å². The summed E-state index contributed by atoms with van der Waals surface area (Å²) in [5, 5.41) is 0.982. The van der Waals surface area contributed by atoms with Gasteiger partial charge in [0, 0.05) is 36.1 Å². The van der Waals surface area contributed by atoms with Crippen LogP contribution in [-0.2, 0) is 11.2 Å². The summed E-state index contributed by atoms with van der Waals surface area (Å²) in [7, 11) is 5.78. The van der Waals surface area contributed by atoms with Crippen LogP contribution in [0, 0.1) is 5.92 Å². The minimum atomic E-state index is 0.166. The first-order valence-corrected chi connectivity index (χ1v) is 7.98. The van der Waals surface area contributed by atoms with E-state index in [4.69, 9.17) is 9.15 Å². The predicted octanol–water partition coefficient (Wildman–Crippen LogP) is 2.39. The van der Waals surface area contributed by atoms with E-state index in [-0.39, 0.29) is 5.91 Å². The molecule has 2 aromatic rings. The Bertz CT molecular complexity index is 707. The second-order valence-corrected chi connectivity index (χ2v) is 6.61. The third kappa shape index (κ3) is 3.06. The van der Waals surface area contributed by atoms with Crippen molar-refractivity contribution in [3.8, 4) is 5.75 Å². The molecule has 1 aromatic heterocycles. The Morgan fingerprint density at radius 1 is 1.39 bits per heavy atom. The molecule has 0 saturated carbocycles. The molecule has 0 spiro atoms. The van der Waals surface area contributed by atoms with Gasteiger partial charge < -0.3 is 19.0 Å².